The first-order valence-electron chi connectivity index (χ1n) is 21.9. The van der Waals surface area contributed by atoms with Crippen LogP contribution in [0, 0.1) is 0 Å². The van der Waals surface area contributed by atoms with Gasteiger partial charge in [-0.3, -0.25) is 0 Å². The van der Waals surface area contributed by atoms with Crippen molar-refractivity contribution in [3.63, 3.8) is 0 Å². The topological polar surface area (TPSA) is 114 Å². The summed E-state index contributed by atoms with van der Waals surface area (Å²) in [6.07, 6.45) is 27.6. The zero-order chi connectivity index (χ0) is 40.8. The molecule has 0 unspecified atom stereocenters. The van der Waals surface area contributed by atoms with Crippen LogP contribution in [0.3, 0.4) is 0 Å². The Morgan fingerprint density at radius 2 is 0.632 bits per heavy atom. The van der Waals surface area contributed by atoms with Crippen molar-refractivity contribution in [3.8, 4) is 0 Å². The van der Waals surface area contributed by atoms with Crippen molar-refractivity contribution in [2.24, 2.45) is 0 Å². The summed E-state index contributed by atoms with van der Waals surface area (Å²) in [5, 5.41) is 2.87. The van der Waals surface area contributed by atoms with Gasteiger partial charge in [-0.1, -0.05) is 179 Å². The molecule has 0 atom stereocenters. The minimum absolute atomic E-state index is 0. The molecule has 0 N–H and O–H groups in total. The van der Waals surface area contributed by atoms with Gasteiger partial charge in [0.2, 0.25) is 0 Å². The molecule has 6 nitrogen and oxygen atoms in total. The molecule has 9 heteroatoms. The molecule has 0 aliphatic rings. The van der Waals surface area contributed by atoms with Gasteiger partial charge in [0.15, 0.2) is 0 Å². The molecule has 0 bridgehead atoms. The van der Waals surface area contributed by atoms with Crippen molar-refractivity contribution in [2.45, 2.75) is 192 Å². The third-order valence-electron chi connectivity index (χ3n) is 10.9. The fourth-order valence-corrected chi connectivity index (χ4v) is 9.13. The second kappa shape index (κ2) is 28.3. The predicted octanol–water partition coefficient (Wildman–Crippen LogP) is 13.2. The van der Waals surface area contributed by atoms with Crippen LogP contribution in [0.25, 0.3) is 21.5 Å². The third kappa shape index (κ3) is 19.4. The molecular weight excluding hydrogens is 874 g/mol. The van der Waals surface area contributed by atoms with Gasteiger partial charge >= 0.3 is 48.9 Å². The maximum atomic E-state index is 11.8. The van der Waals surface area contributed by atoms with Gasteiger partial charge in [-0.2, -0.15) is 0 Å². The van der Waals surface area contributed by atoms with Crippen LogP contribution < -0.4 is 0 Å². The Bertz CT molecular complexity index is 1820. The van der Waals surface area contributed by atoms with Crippen LogP contribution in [-0.4, -0.2) is 74.8 Å². The van der Waals surface area contributed by atoms with Gasteiger partial charge < -0.3 is 9.11 Å². The van der Waals surface area contributed by atoms with Crippen molar-refractivity contribution < 1.29 is 25.9 Å². The molecule has 0 aliphatic carbocycles. The first kappa shape index (κ1) is 51.9. The summed E-state index contributed by atoms with van der Waals surface area (Å²) < 4.78 is 70.9. The van der Waals surface area contributed by atoms with Gasteiger partial charge in [0.1, 0.15) is 20.2 Å². The van der Waals surface area contributed by atoms with Crippen LogP contribution in [0.15, 0.2) is 70.5 Å². The largest absolute Gasteiger partial charge is 2.00 e. The standard InChI is InChI=1S/2C24H36O3S.Ba/c2*1-3-5-7-9-11-13-20-15-16-23-22(17-20)18-21(14-12-10-8-6-4-2)19-24(23)28(25,26)27;/h2*15-19H,3-14H2,1-2H3,(H,25,26,27);/q;;+2/p-2. The minimum atomic E-state index is -4.48. The normalized spacial score (nSPS) is 11.8. The average Bonchev–Trinajstić information content (AvgIpc) is 3.16. The van der Waals surface area contributed by atoms with E-state index in [1.807, 2.05) is 24.3 Å². The molecule has 0 radical (unpaired) electrons. The monoisotopic (exact) mass is 944 g/mol. The van der Waals surface area contributed by atoms with Crippen molar-refractivity contribution >= 4 is 90.7 Å². The SMILES string of the molecule is CCCCCCCc1ccc2c(S(=O)(=O)[O-])cc(CCCCCCC)cc2c1.CCCCCCCc1ccc2c(S(=O)(=O)[O-])cc(CCCCCCC)cc2c1.[Ba+2]. The van der Waals surface area contributed by atoms with E-state index in [1.54, 1.807) is 12.1 Å². The molecule has 4 rings (SSSR count). The predicted molar refractivity (Wildman–Crippen MR) is 239 cm³/mol. The van der Waals surface area contributed by atoms with Crippen LogP contribution in [0.5, 0.6) is 0 Å². The number of hydrogen-bond donors (Lipinski definition) is 0. The van der Waals surface area contributed by atoms with Crippen molar-refractivity contribution in [2.75, 3.05) is 0 Å². The number of benzene rings is 4. The van der Waals surface area contributed by atoms with Crippen molar-refractivity contribution in [3.05, 3.63) is 82.9 Å². The van der Waals surface area contributed by atoms with Crippen LogP contribution in [0.4, 0.5) is 0 Å². The van der Waals surface area contributed by atoms with E-state index in [1.165, 1.54) is 101 Å². The Kier molecular flexibility index (Phi) is 25.8. The number of unbranched alkanes of at least 4 members (excludes halogenated alkanes) is 16. The molecular formula is C48H70BaO6S2. The van der Waals surface area contributed by atoms with E-state index >= 15 is 0 Å². The molecule has 312 valence electrons. The molecule has 0 fully saturated rings. The number of fused-ring (bicyclic) bond motifs is 2. The van der Waals surface area contributed by atoms with E-state index in [0.29, 0.717) is 10.8 Å². The van der Waals surface area contributed by atoms with E-state index in [2.05, 4.69) is 52.0 Å². The molecule has 0 amide bonds. The molecule has 57 heavy (non-hydrogen) atoms. The number of rotatable bonds is 26. The van der Waals surface area contributed by atoms with Gasteiger partial charge in [0.25, 0.3) is 0 Å². The van der Waals surface area contributed by atoms with E-state index < -0.39 is 20.2 Å². The third-order valence-corrected chi connectivity index (χ3v) is 12.6. The van der Waals surface area contributed by atoms with E-state index in [-0.39, 0.29) is 58.7 Å². The van der Waals surface area contributed by atoms with Crippen molar-refractivity contribution in [1.82, 2.24) is 0 Å². The average molecular weight is 945 g/mol. The Balaban J connectivity index is 0.000000387. The Morgan fingerprint density at radius 3 is 0.912 bits per heavy atom. The number of hydrogen-bond acceptors (Lipinski definition) is 6. The first-order valence-corrected chi connectivity index (χ1v) is 24.8. The smallest absolute Gasteiger partial charge is 0.744 e. The second-order valence-electron chi connectivity index (χ2n) is 15.9. The summed E-state index contributed by atoms with van der Waals surface area (Å²) >= 11 is 0. The molecule has 0 saturated heterocycles. The summed E-state index contributed by atoms with van der Waals surface area (Å²) in [7, 11) is -8.96. The molecule has 0 spiro atoms. The van der Waals surface area contributed by atoms with Gasteiger partial charge in [0, 0.05) is 0 Å². The molecule has 0 aromatic heterocycles. The van der Waals surface area contributed by atoms with Crippen molar-refractivity contribution in [1.29, 1.82) is 0 Å². The van der Waals surface area contributed by atoms with Crippen LogP contribution in [0.1, 0.15) is 178 Å². The zero-order valence-corrected chi connectivity index (χ0v) is 41.8. The molecule has 4 aromatic carbocycles. The summed E-state index contributed by atoms with van der Waals surface area (Å²) in [6.45, 7) is 8.81. The summed E-state index contributed by atoms with van der Waals surface area (Å²) in [4.78, 5) is -0.133. The van der Waals surface area contributed by atoms with Crippen LogP contribution >= 0.6 is 0 Å². The minimum Gasteiger partial charge on any atom is -0.744 e. The fourth-order valence-electron chi connectivity index (χ4n) is 7.63. The molecule has 0 aliphatic heterocycles. The fraction of sp³-hybridized carbons (Fsp3) is 0.583. The molecule has 0 saturated carbocycles. The summed E-state index contributed by atoms with van der Waals surface area (Å²) in [6, 6.07) is 19.1. The maximum Gasteiger partial charge on any atom is 2.00 e. The first-order chi connectivity index (χ1) is 26.9. The summed E-state index contributed by atoms with van der Waals surface area (Å²) in [5.41, 5.74) is 4.36. The second-order valence-corrected chi connectivity index (χ2v) is 18.6. The van der Waals surface area contributed by atoms with Gasteiger partial charge in [-0.25, -0.2) is 16.8 Å². The van der Waals surface area contributed by atoms with E-state index in [4.69, 9.17) is 0 Å². The van der Waals surface area contributed by atoms with E-state index in [0.717, 1.165) is 86.1 Å². The molecule has 0 heterocycles. The van der Waals surface area contributed by atoms with Gasteiger partial charge in [-0.05, 0) is 107 Å². The number of aryl methyl sites for hydroxylation is 4. The van der Waals surface area contributed by atoms with Gasteiger partial charge in [0.05, 0.1) is 9.79 Å². The van der Waals surface area contributed by atoms with Crippen LogP contribution in [-0.2, 0) is 45.9 Å². The Labute approximate surface area is 387 Å². The van der Waals surface area contributed by atoms with E-state index in [9.17, 15) is 25.9 Å². The Hall–Kier alpha value is -1.21. The van der Waals surface area contributed by atoms with Gasteiger partial charge in [-0.15, -0.1) is 0 Å². The maximum absolute atomic E-state index is 11.8. The quantitative estimate of drug-likeness (QED) is 0.0352. The molecule has 4 aromatic rings. The Morgan fingerprint density at radius 1 is 0.368 bits per heavy atom. The zero-order valence-electron chi connectivity index (χ0n) is 35.7. The van der Waals surface area contributed by atoms with Crippen LogP contribution in [0.2, 0.25) is 0 Å². The summed E-state index contributed by atoms with van der Waals surface area (Å²) in [5.74, 6) is 0.